The molecule has 0 radical (unpaired) electrons. The predicted molar refractivity (Wildman–Crippen MR) is 143 cm³/mol. The van der Waals surface area contributed by atoms with Gasteiger partial charge in [0.05, 0.1) is 11.2 Å². The smallest absolute Gasteiger partial charge is 0.249 e. The SMILES string of the molecule is O=C(NCc1ccccc1)[C@H](c1ccccn1)N(C(=O)Cn1nnc2ccccc21)c1ccc2c(c1)OCO2. The molecule has 194 valence electrons. The average molecular weight is 521 g/mol. The first-order chi connectivity index (χ1) is 19.2. The van der Waals surface area contributed by atoms with E-state index in [2.05, 4.69) is 20.6 Å². The monoisotopic (exact) mass is 520 g/mol. The third kappa shape index (κ3) is 4.99. The molecule has 1 aliphatic rings. The van der Waals surface area contributed by atoms with Crippen molar-refractivity contribution in [2.24, 2.45) is 0 Å². The Bertz CT molecular complexity index is 1620. The molecule has 1 N–H and O–H groups in total. The average Bonchev–Trinajstić information content (AvgIpc) is 3.62. The molecule has 3 aromatic carbocycles. The highest BCUT2D eigenvalue weighted by atomic mass is 16.7. The number of para-hydroxylation sites is 1. The molecule has 1 atom stereocenters. The lowest BCUT2D eigenvalue weighted by molar-refractivity contribution is -0.127. The van der Waals surface area contributed by atoms with E-state index in [0.717, 1.165) is 5.56 Å². The van der Waals surface area contributed by atoms with Gasteiger partial charge in [0.15, 0.2) is 17.5 Å². The highest BCUT2D eigenvalue weighted by Gasteiger charge is 2.35. The fourth-order valence-electron chi connectivity index (χ4n) is 4.51. The maximum Gasteiger partial charge on any atom is 0.249 e. The van der Waals surface area contributed by atoms with Gasteiger partial charge in [0.1, 0.15) is 12.1 Å². The Balaban J connectivity index is 1.40. The van der Waals surface area contributed by atoms with Gasteiger partial charge in [0, 0.05) is 24.5 Å². The van der Waals surface area contributed by atoms with Crippen LogP contribution in [0.1, 0.15) is 17.3 Å². The quantitative estimate of drug-likeness (QED) is 0.332. The molecule has 0 aliphatic carbocycles. The van der Waals surface area contributed by atoms with Gasteiger partial charge >= 0.3 is 0 Å². The molecule has 5 aromatic rings. The summed E-state index contributed by atoms with van der Waals surface area (Å²) in [6, 6.07) is 26.3. The summed E-state index contributed by atoms with van der Waals surface area (Å²) < 4.78 is 12.6. The molecular formula is C29H24N6O4. The van der Waals surface area contributed by atoms with Crippen molar-refractivity contribution in [1.82, 2.24) is 25.3 Å². The first-order valence-electron chi connectivity index (χ1n) is 12.4. The first-order valence-corrected chi connectivity index (χ1v) is 12.4. The number of hydrogen-bond donors (Lipinski definition) is 1. The van der Waals surface area contributed by atoms with E-state index in [0.29, 0.717) is 40.5 Å². The highest BCUT2D eigenvalue weighted by Crippen LogP contribution is 2.38. The first kappa shape index (κ1) is 24.1. The van der Waals surface area contributed by atoms with Gasteiger partial charge in [-0.2, -0.15) is 0 Å². The van der Waals surface area contributed by atoms with Crippen molar-refractivity contribution in [3.05, 3.63) is 108 Å². The van der Waals surface area contributed by atoms with Crippen molar-refractivity contribution in [2.45, 2.75) is 19.1 Å². The van der Waals surface area contributed by atoms with Crippen LogP contribution in [0, 0.1) is 0 Å². The second-order valence-electron chi connectivity index (χ2n) is 8.90. The van der Waals surface area contributed by atoms with Crippen LogP contribution >= 0.6 is 0 Å². The molecule has 0 unspecified atom stereocenters. The number of carbonyl (C=O) groups is 2. The Morgan fingerprint density at radius 1 is 0.923 bits per heavy atom. The zero-order valence-electron chi connectivity index (χ0n) is 20.8. The molecule has 2 aromatic heterocycles. The number of carbonyl (C=O) groups excluding carboxylic acids is 2. The largest absolute Gasteiger partial charge is 0.454 e. The van der Waals surface area contributed by atoms with Gasteiger partial charge in [0.25, 0.3) is 0 Å². The summed E-state index contributed by atoms with van der Waals surface area (Å²) in [7, 11) is 0. The van der Waals surface area contributed by atoms with E-state index in [1.807, 2.05) is 54.6 Å². The molecule has 10 nitrogen and oxygen atoms in total. The summed E-state index contributed by atoms with van der Waals surface area (Å²) in [6.07, 6.45) is 1.60. The summed E-state index contributed by atoms with van der Waals surface area (Å²) in [5.41, 5.74) is 3.18. The lowest BCUT2D eigenvalue weighted by Crippen LogP contribution is -2.45. The number of pyridine rings is 1. The number of ether oxygens (including phenoxy) is 2. The normalized spacial score (nSPS) is 12.7. The molecule has 39 heavy (non-hydrogen) atoms. The number of rotatable bonds is 8. The summed E-state index contributed by atoms with van der Waals surface area (Å²) in [6.45, 7) is 0.225. The molecule has 0 bridgehead atoms. The van der Waals surface area contributed by atoms with Crippen molar-refractivity contribution < 1.29 is 19.1 Å². The van der Waals surface area contributed by atoms with Crippen LogP contribution in [0.3, 0.4) is 0 Å². The van der Waals surface area contributed by atoms with Crippen molar-refractivity contribution in [1.29, 1.82) is 0 Å². The van der Waals surface area contributed by atoms with Gasteiger partial charge in [-0.1, -0.05) is 53.7 Å². The minimum absolute atomic E-state index is 0.0823. The summed E-state index contributed by atoms with van der Waals surface area (Å²) >= 11 is 0. The molecule has 1 aliphatic heterocycles. The summed E-state index contributed by atoms with van der Waals surface area (Å²) in [4.78, 5) is 33.8. The Labute approximate surface area is 223 Å². The minimum Gasteiger partial charge on any atom is -0.454 e. The Hall–Kier alpha value is -5.25. The number of aromatic nitrogens is 4. The number of anilines is 1. The zero-order chi connectivity index (χ0) is 26.6. The minimum atomic E-state index is -1.07. The number of fused-ring (bicyclic) bond motifs is 2. The predicted octanol–water partition coefficient (Wildman–Crippen LogP) is 3.65. The lowest BCUT2D eigenvalue weighted by Gasteiger charge is -2.31. The Kier molecular flexibility index (Phi) is 6.57. The molecule has 6 rings (SSSR count). The third-order valence-electron chi connectivity index (χ3n) is 6.39. The molecule has 0 fully saturated rings. The van der Waals surface area contributed by atoms with E-state index in [4.69, 9.17) is 9.47 Å². The molecule has 0 saturated carbocycles. The second kappa shape index (κ2) is 10.6. The molecule has 3 heterocycles. The van der Waals surface area contributed by atoms with Gasteiger partial charge in [-0.3, -0.25) is 19.5 Å². The topological polar surface area (TPSA) is 111 Å². The van der Waals surface area contributed by atoms with Crippen molar-refractivity contribution >= 4 is 28.5 Å². The van der Waals surface area contributed by atoms with Crippen molar-refractivity contribution in [3.8, 4) is 11.5 Å². The van der Waals surface area contributed by atoms with E-state index >= 15 is 0 Å². The standard InChI is InChI=1S/C29H24N6O4/c36-27(18-34-24-12-5-4-10-22(24)32-33-34)35(21-13-14-25-26(16-21)39-19-38-25)28(23-11-6-7-15-30-23)29(37)31-17-20-8-2-1-3-9-20/h1-16,28H,17-19H2,(H,31,37)/t28-/m0/s1. The highest BCUT2D eigenvalue weighted by molar-refractivity contribution is 6.01. The maximum absolute atomic E-state index is 14.1. The third-order valence-corrected chi connectivity index (χ3v) is 6.39. The fourth-order valence-corrected chi connectivity index (χ4v) is 4.51. The van der Waals surface area contributed by atoms with E-state index in [1.165, 1.54) is 9.58 Å². The van der Waals surface area contributed by atoms with Gasteiger partial charge in [-0.15, -0.1) is 5.10 Å². The summed E-state index contributed by atoms with van der Waals surface area (Å²) in [5, 5.41) is 11.3. The van der Waals surface area contributed by atoms with E-state index < -0.39 is 6.04 Å². The van der Waals surface area contributed by atoms with Gasteiger partial charge in [0.2, 0.25) is 18.6 Å². The number of nitrogens with one attached hydrogen (secondary N) is 1. The zero-order valence-corrected chi connectivity index (χ0v) is 20.8. The van der Waals surface area contributed by atoms with Crippen molar-refractivity contribution in [2.75, 3.05) is 11.7 Å². The molecule has 10 heteroatoms. The van der Waals surface area contributed by atoms with Crippen LogP contribution in [0.4, 0.5) is 5.69 Å². The molecule has 0 saturated heterocycles. The maximum atomic E-state index is 14.1. The van der Waals surface area contributed by atoms with Crippen LogP contribution in [0.15, 0.2) is 97.2 Å². The second-order valence-corrected chi connectivity index (χ2v) is 8.90. The fraction of sp³-hybridized carbons (Fsp3) is 0.138. The number of hydrogen-bond acceptors (Lipinski definition) is 7. The number of amides is 2. The van der Waals surface area contributed by atoms with E-state index in [-0.39, 0.29) is 25.2 Å². The van der Waals surface area contributed by atoms with Crippen LogP contribution < -0.4 is 19.7 Å². The van der Waals surface area contributed by atoms with Gasteiger partial charge in [-0.05, 0) is 42.0 Å². The number of nitrogens with zero attached hydrogens (tertiary/aromatic N) is 5. The molecular weight excluding hydrogens is 496 g/mol. The van der Waals surface area contributed by atoms with Crippen LogP contribution in [0.2, 0.25) is 0 Å². The van der Waals surface area contributed by atoms with Crippen LogP contribution in [-0.2, 0) is 22.7 Å². The van der Waals surface area contributed by atoms with Gasteiger partial charge in [-0.25, -0.2) is 4.68 Å². The Morgan fingerprint density at radius 3 is 2.56 bits per heavy atom. The van der Waals surface area contributed by atoms with E-state index in [9.17, 15) is 9.59 Å². The number of benzene rings is 3. The van der Waals surface area contributed by atoms with E-state index in [1.54, 1.807) is 42.6 Å². The lowest BCUT2D eigenvalue weighted by atomic mass is 10.1. The summed E-state index contributed by atoms with van der Waals surface area (Å²) in [5.74, 6) is 0.291. The molecule has 0 spiro atoms. The Morgan fingerprint density at radius 2 is 1.72 bits per heavy atom. The van der Waals surface area contributed by atoms with Crippen LogP contribution in [0.25, 0.3) is 11.0 Å². The van der Waals surface area contributed by atoms with Crippen LogP contribution in [0.5, 0.6) is 11.5 Å². The van der Waals surface area contributed by atoms with Crippen LogP contribution in [-0.4, -0.2) is 38.6 Å². The van der Waals surface area contributed by atoms with Gasteiger partial charge < -0.3 is 14.8 Å². The van der Waals surface area contributed by atoms with Crippen molar-refractivity contribution in [3.63, 3.8) is 0 Å². The molecule has 2 amide bonds.